The van der Waals surface area contributed by atoms with Crippen molar-refractivity contribution in [2.24, 2.45) is 0 Å². The summed E-state index contributed by atoms with van der Waals surface area (Å²) in [6, 6.07) is 1.23. The molecule has 0 aliphatic carbocycles. The summed E-state index contributed by atoms with van der Waals surface area (Å²) < 4.78 is 130. The van der Waals surface area contributed by atoms with Crippen molar-refractivity contribution in [2.45, 2.75) is 125 Å². The summed E-state index contributed by atoms with van der Waals surface area (Å²) in [6.45, 7) is -3.12. The molecule has 6 aromatic heterocycles. The highest BCUT2D eigenvalue weighted by Crippen LogP contribution is 2.54. The molecule has 0 aromatic carbocycles. The summed E-state index contributed by atoms with van der Waals surface area (Å²) in [6.07, 6.45) is -15.4. The van der Waals surface area contributed by atoms with Gasteiger partial charge in [0.15, 0.2) is 28.7 Å². The summed E-state index contributed by atoms with van der Waals surface area (Å²) in [5, 5.41) is 21.6. The number of carbonyl (C=O) groups excluding carboxylic acids is 1. The number of carbonyl (C=O) groups is 1. The first-order chi connectivity index (χ1) is 43.0. The van der Waals surface area contributed by atoms with Gasteiger partial charge in [0, 0.05) is 43.6 Å². The predicted molar refractivity (Wildman–Crippen MR) is 296 cm³/mol. The first-order valence-corrected chi connectivity index (χ1v) is 33.0. The zero-order chi connectivity index (χ0) is 65.1. The van der Waals surface area contributed by atoms with Gasteiger partial charge < -0.3 is 70.7 Å². The van der Waals surface area contributed by atoms with Crippen molar-refractivity contribution in [1.29, 1.82) is 0 Å². The fourth-order valence-electron chi connectivity index (χ4n) is 10.3. The smallest absolute Gasteiger partial charge is 0.457 e. The fraction of sp³-hybridized carbons (Fsp3) is 0.568. The van der Waals surface area contributed by atoms with E-state index in [0.29, 0.717) is 0 Å². The van der Waals surface area contributed by atoms with Gasteiger partial charge in [0.1, 0.15) is 85.3 Å². The van der Waals surface area contributed by atoms with Crippen LogP contribution in [0.1, 0.15) is 62.6 Å². The highest BCUT2D eigenvalue weighted by molar-refractivity contribution is 7.48. The number of hydrogen-bond acceptors (Lipinski definition) is 33. The van der Waals surface area contributed by atoms with E-state index in [1.54, 1.807) is 0 Å². The van der Waals surface area contributed by atoms with Crippen LogP contribution >= 0.6 is 31.3 Å². The molecule has 5 aliphatic heterocycles. The number of nitrogens with one attached hydrogen (secondary N) is 2. The number of nitrogens with two attached hydrogens (primary N) is 3. The molecule has 43 nitrogen and oxygen atoms in total. The minimum absolute atomic E-state index is 0.0162. The quantitative estimate of drug-likeness (QED) is 0.0211. The molecule has 0 bridgehead atoms. The van der Waals surface area contributed by atoms with Gasteiger partial charge in [-0.05, 0) is 13.0 Å². The molecule has 496 valence electrons. The monoisotopic (exact) mass is 1370 g/mol. The lowest BCUT2D eigenvalue weighted by molar-refractivity contribution is -0.143. The SMILES string of the molecule is Cc1cn([C@H]2C[C@H](O)[C@@H](COP(=O)(O)O[C@H]3C[C@H](n4cnc5c(N)ncnc54)O[C@@H]3COP(=O)(O)O[C@H]3CC(=O)O[C@@H]3COP(=O)(O)OC[C@H]3O[C@@H](n4ccc(N)nc4=O)C[C@@H]3OP(=O)(O)OC[C@H]3O[C@@H](n4cnc5c(=O)[nH]c(N)nc54)C[C@@H]3O)O2)c(=O)[nH]c1=O. The van der Waals surface area contributed by atoms with Crippen LogP contribution in [-0.2, 0) is 82.9 Å². The second-order valence-corrected chi connectivity index (χ2v) is 26.7. The van der Waals surface area contributed by atoms with E-state index in [0.717, 1.165) is 15.5 Å². The van der Waals surface area contributed by atoms with E-state index >= 15 is 0 Å². The third kappa shape index (κ3) is 15.1. The molecule has 14 N–H and O–H groups in total. The number of esters is 1. The lowest BCUT2D eigenvalue weighted by atomic mass is 10.2. The second kappa shape index (κ2) is 26.1. The Morgan fingerprint density at radius 1 is 0.571 bits per heavy atom. The number of imidazole rings is 2. The number of aromatic nitrogens is 12. The Morgan fingerprint density at radius 3 is 1.66 bits per heavy atom. The number of aliphatic hydroxyl groups is 2. The van der Waals surface area contributed by atoms with Crippen LogP contribution in [0.25, 0.3) is 22.3 Å². The van der Waals surface area contributed by atoms with Crippen molar-refractivity contribution in [2.75, 3.05) is 50.2 Å². The molecule has 5 aliphatic rings. The molecule has 11 heterocycles. The highest BCUT2D eigenvalue weighted by atomic mass is 31.2. The Balaban J connectivity index is 0.704. The molecule has 6 aromatic rings. The van der Waals surface area contributed by atoms with E-state index in [4.69, 9.17) is 77.1 Å². The Kier molecular flexibility index (Phi) is 19.0. The van der Waals surface area contributed by atoms with Gasteiger partial charge in [0.2, 0.25) is 5.95 Å². The van der Waals surface area contributed by atoms with Gasteiger partial charge >= 0.3 is 48.6 Å². The molecule has 0 spiro atoms. The molecule has 5 fully saturated rings. The number of cyclic esters (lactones) is 1. The largest absolute Gasteiger partial charge is 0.472 e. The number of H-pyrrole nitrogens is 2. The van der Waals surface area contributed by atoms with Crippen LogP contribution in [0.5, 0.6) is 0 Å². The molecule has 0 saturated carbocycles. The molecule has 11 rings (SSSR count). The van der Waals surface area contributed by atoms with Gasteiger partial charge in [-0.3, -0.25) is 78.8 Å². The molecule has 18 atom stereocenters. The molecular formula is C44H57N15O28P4. The molecule has 47 heteroatoms. The number of rotatable bonds is 25. The summed E-state index contributed by atoms with van der Waals surface area (Å²) in [7, 11) is -21.1. The molecule has 5 saturated heterocycles. The average Bonchev–Trinajstić information content (AvgIpc) is 1.68. The number of fused-ring (bicyclic) bond motifs is 2. The van der Waals surface area contributed by atoms with Crippen LogP contribution in [0, 0.1) is 6.92 Å². The number of ether oxygens (including phenoxy) is 5. The summed E-state index contributed by atoms with van der Waals surface area (Å²) in [5.74, 6) is -1.45. The summed E-state index contributed by atoms with van der Waals surface area (Å²) >= 11 is 0. The first kappa shape index (κ1) is 66.0. The molecule has 91 heavy (non-hydrogen) atoms. The lowest BCUT2D eigenvalue weighted by Gasteiger charge is -2.25. The maximum atomic E-state index is 13.6. The number of nitrogen functional groups attached to an aromatic ring is 3. The van der Waals surface area contributed by atoms with Crippen molar-refractivity contribution >= 4 is 77.2 Å². The van der Waals surface area contributed by atoms with E-state index in [9.17, 15) is 72.0 Å². The summed E-state index contributed by atoms with van der Waals surface area (Å²) in [4.78, 5) is 134. The normalized spacial score (nSPS) is 30.4. The standard InChI is InChI=1S/C44H57N15O28P4/c1-18-9-57(44(66)55-40(18)63)30-4-19(60)24(80-30)10-77-90(71,72)86-22-7-33(58-16-50-35-37(46)48-15-49-38(35)58)83-27(22)13-79-91(73,74)87-23-8-34(62)84-28(23)14-76-88(67,68)75-12-26-21(6-32(82-26)56-3-2-29(45)52-43(56)65)85-89(69,70)78-11-25-20(61)5-31(81-25)59-17-51-36-39(59)53-42(47)54-41(36)64/h2-3,9,15-17,19-28,30-33,60-61H,4-8,10-14H2,1H3,(H,67,68)(H,69,70)(H,71,72)(H,73,74)(H2,45,52,65)(H2,46,48,49)(H,55,63,66)(H3,47,53,54,64)/t19-,20-,21-,22-,23-,24+,25+,26+,27+,28+,30+,31+,32+,33+/m0/s1. The maximum Gasteiger partial charge on any atom is 0.472 e. The van der Waals surface area contributed by atoms with Crippen molar-refractivity contribution < 1.29 is 113 Å². The number of aromatic amines is 2. The predicted octanol–water partition coefficient (Wildman–Crippen LogP) is -2.35. The lowest BCUT2D eigenvalue weighted by Crippen LogP contribution is -2.33. The fourth-order valence-corrected chi connectivity index (χ4v) is 13.9. The highest BCUT2D eigenvalue weighted by Gasteiger charge is 2.49. The zero-order valence-electron chi connectivity index (χ0n) is 46.8. The average molecular weight is 1370 g/mol. The number of hydrogen-bond donors (Lipinski definition) is 11. The topological polar surface area (TPSA) is 602 Å². The minimum atomic E-state index is -5.38. The van der Waals surface area contributed by atoms with Gasteiger partial charge in [-0.25, -0.2) is 47.8 Å². The minimum Gasteiger partial charge on any atom is -0.457 e. The van der Waals surface area contributed by atoms with E-state index < -0.39 is 192 Å². The van der Waals surface area contributed by atoms with Gasteiger partial charge in [0.05, 0.1) is 64.3 Å². The van der Waals surface area contributed by atoms with E-state index in [2.05, 4.69) is 39.9 Å². The zero-order valence-corrected chi connectivity index (χ0v) is 50.4. The second-order valence-electron chi connectivity index (χ2n) is 21.0. The van der Waals surface area contributed by atoms with Gasteiger partial charge in [-0.1, -0.05) is 0 Å². The van der Waals surface area contributed by atoms with Gasteiger partial charge in [-0.2, -0.15) is 9.97 Å². The molecule has 0 radical (unpaired) electrons. The van der Waals surface area contributed by atoms with E-state index in [-0.39, 0.29) is 64.7 Å². The Bertz CT molecular complexity index is 4170. The van der Waals surface area contributed by atoms with Crippen LogP contribution in [0.4, 0.5) is 17.6 Å². The third-order valence-electron chi connectivity index (χ3n) is 14.7. The van der Waals surface area contributed by atoms with Gasteiger partial charge in [0.25, 0.3) is 11.1 Å². The van der Waals surface area contributed by atoms with E-state index in [1.807, 2.05) is 0 Å². The number of anilines is 3. The number of aryl methyl sites for hydroxylation is 1. The van der Waals surface area contributed by atoms with Crippen LogP contribution in [0.15, 0.2) is 56.6 Å². The molecule has 4 unspecified atom stereocenters. The van der Waals surface area contributed by atoms with Crippen molar-refractivity contribution in [3.63, 3.8) is 0 Å². The van der Waals surface area contributed by atoms with Crippen molar-refractivity contribution in [3.05, 3.63) is 84.7 Å². The van der Waals surface area contributed by atoms with Crippen LogP contribution in [-0.4, -0.2) is 188 Å². The Labute approximate surface area is 506 Å². The molecular weight excluding hydrogens is 1310 g/mol. The van der Waals surface area contributed by atoms with Crippen LogP contribution in [0.2, 0.25) is 0 Å². The van der Waals surface area contributed by atoms with E-state index in [1.165, 1.54) is 47.2 Å². The number of aliphatic hydroxyl groups excluding tert-OH is 2. The summed E-state index contributed by atoms with van der Waals surface area (Å²) in [5.41, 5.74) is 14.6. The Morgan fingerprint density at radius 2 is 1.07 bits per heavy atom. The molecule has 0 amide bonds. The maximum absolute atomic E-state index is 13.6. The number of phosphoric acid groups is 4. The van der Waals surface area contributed by atoms with Crippen molar-refractivity contribution in [1.82, 2.24) is 58.1 Å². The van der Waals surface area contributed by atoms with Gasteiger partial charge in [-0.15, -0.1) is 0 Å². The van der Waals surface area contributed by atoms with Crippen LogP contribution in [0.3, 0.4) is 0 Å². The first-order valence-electron chi connectivity index (χ1n) is 27.0. The Hall–Kier alpha value is -6.47. The van der Waals surface area contributed by atoms with Crippen LogP contribution < -0.4 is 39.7 Å². The third-order valence-corrected chi connectivity index (χ3v) is 18.7. The van der Waals surface area contributed by atoms with Crippen molar-refractivity contribution in [3.8, 4) is 0 Å². The number of nitrogens with zero attached hydrogens (tertiary/aromatic N) is 10. The number of phosphoric ester groups is 4.